The highest BCUT2D eigenvalue weighted by Crippen LogP contribution is 2.38. The van der Waals surface area contributed by atoms with Crippen LogP contribution in [0.4, 0.5) is 0 Å². The normalized spacial score (nSPS) is 13.5. The molecule has 0 aliphatic carbocycles. The van der Waals surface area contributed by atoms with Crippen molar-refractivity contribution in [2.45, 2.75) is 77.4 Å². The number of carbonyl (C=O) groups excluding carboxylic acids is 1. The summed E-state index contributed by atoms with van der Waals surface area (Å²) in [7, 11) is -2.51. The summed E-state index contributed by atoms with van der Waals surface area (Å²) in [5.74, 6) is 0. The Labute approximate surface area is 184 Å². The molecule has 0 radical (unpaired) electrons. The molecule has 0 amide bonds. The average Bonchev–Trinajstić information content (AvgIpc) is 2.75. The third-order valence-corrected chi connectivity index (χ3v) is 10.8. The van der Waals surface area contributed by atoms with Crippen LogP contribution in [-0.4, -0.2) is 20.7 Å². The van der Waals surface area contributed by atoms with E-state index in [1.54, 1.807) is 6.08 Å². The Bertz CT molecular complexity index is 723. The van der Waals surface area contributed by atoms with Crippen LogP contribution < -0.4 is 10.4 Å². The van der Waals surface area contributed by atoms with Crippen molar-refractivity contribution in [1.82, 2.24) is 0 Å². The highest BCUT2D eigenvalue weighted by Gasteiger charge is 2.51. The first-order chi connectivity index (χ1) is 14.5. The number of aldehydes is 1. The highest BCUT2D eigenvalue weighted by molar-refractivity contribution is 6.99. The molecule has 0 unspecified atom stereocenters. The lowest BCUT2D eigenvalue weighted by atomic mass is 10.1. The first kappa shape index (κ1) is 24.3. The molecule has 2 rings (SSSR count). The molecule has 162 valence electrons. The zero-order valence-corrected chi connectivity index (χ0v) is 20.1. The zero-order chi connectivity index (χ0) is 21.9. The molecular weight excluding hydrogens is 384 g/mol. The molecule has 0 spiro atoms. The molecule has 0 heterocycles. The Morgan fingerprint density at radius 2 is 1.43 bits per heavy atom. The standard InChI is InChI=1S/C27H38O2Si/c1-5-6-17-24(18-11-7-8-16-23-28)29-30(27(2,3)4,25-19-12-9-13-20-25)26-21-14-10-15-22-26/h8-10,12-16,19-24H,5-7,11,17-18H2,1-4H3/b16-8+/t24-/m0/s1. The molecule has 0 aliphatic rings. The molecule has 2 nitrogen and oxygen atoms in total. The van der Waals surface area contributed by atoms with Crippen LogP contribution in [0.1, 0.15) is 66.2 Å². The fraction of sp³-hybridized carbons (Fsp3) is 0.444. The van der Waals surface area contributed by atoms with Crippen molar-refractivity contribution in [1.29, 1.82) is 0 Å². The van der Waals surface area contributed by atoms with Crippen LogP contribution in [0.15, 0.2) is 72.8 Å². The lowest BCUT2D eigenvalue weighted by Crippen LogP contribution is -2.67. The van der Waals surface area contributed by atoms with Gasteiger partial charge in [-0.1, -0.05) is 107 Å². The number of hydrogen-bond acceptors (Lipinski definition) is 2. The first-order valence-electron chi connectivity index (χ1n) is 11.3. The number of allylic oxidation sites excluding steroid dienone is 2. The number of unbranched alkanes of at least 4 members (excludes halogenated alkanes) is 2. The van der Waals surface area contributed by atoms with Gasteiger partial charge in [-0.05, 0) is 47.2 Å². The van der Waals surface area contributed by atoms with Gasteiger partial charge in [0.2, 0.25) is 0 Å². The van der Waals surface area contributed by atoms with Gasteiger partial charge in [0, 0.05) is 6.10 Å². The summed E-state index contributed by atoms with van der Waals surface area (Å²) in [5, 5.41) is 2.68. The molecule has 0 aromatic heterocycles. The topological polar surface area (TPSA) is 26.3 Å². The molecule has 0 saturated carbocycles. The van der Waals surface area contributed by atoms with E-state index >= 15 is 0 Å². The van der Waals surface area contributed by atoms with E-state index in [1.807, 2.05) is 6.08 Å². The number of carbonyl (C=O) groups is 1. The van der Waals surface area contributed by atoms with E-state index in [-0.39, 0.29) is 11.1 Å². The second-order valence-corrected chi connectivity index (χ2v) is 13.3. The number of benzene rings is 2. The summed E-state index contributed by atoms with van der Waals surface area (Å²) in [6.45, 7) is 9.25. The Morgan fingerprint density at radius 3 is 1.90 bits per heavy atom. The third kappa shape index (κ3) is 6.26. The number of hydrogen-bond donors (Lipinski definition) is 0. The molecule has 0 saturated heterocycles. The smallest absolute Gasteiger partial charge is 0.261 e. The Balaban J connectivity index is 2.45. The van der Waals surface area contributed by atoms with Crippen molar-refractivity contribution in [3.63, 3.8) is 0 Å². The predicted octanol–water partition coefficient (Wildman–Crippen LogP) is 6.05. The van der Waals surface area contributed by atoms with Crippen molar-refractivity contribution in [2.24, 2.45) is 0 Å². The van der Waals surface area contributed by atoms with E-state index in [2.05, 4.69) is 88.4 Å². The van der Waals surface area contributed by atoms with Crippen LogP contribution in [0.25, 0.3) is 0 Å². The summed E-state index contributed by atoms with van der Waals surface area (Å²) < 4.78 is 7.33. The fourth-order valence-electron chi connectivity index (χ4n) is 4.25. The van der Waals surface area contributed by atoms with Crippen LogP contribution in [0.5, 0.6) is 0 Å². The van der Waals surface area contributed by atoms with E-state index < -0.39 is 8.32 Å². The minimum atomic E-state index is -2.51. The van der Waals surface area contributed by atoms with Crippen molar-refractivity contribution in [3.05, 3.63) is 72.8 Å². The van der Waals surface area contributed by atoms with Gasteiger partial charge in [-0.25, -0.2) is 0 Å². The monoisotopic (exact) mass is 422 g/mol. The molecule has 0 aliphatic heterocycles. The lowest BCUT2D eigenvalue weighted by Gasteiger charge is -2.45. The van der Waals surface area contributed by atoms with Crippen molar-refractivity contribution in [2.75, 3.05) is 0 Å². The van der Waals surface area contributed by atoms with Gasteiger partial charge in [-0.3, -0.25) is 4.79 Å². The van der Waals surface area contributed by atoms with E-state index in [0.29, 0.717) is 0 Å². The van der Waals surface area contributed by atoms with Gasteiger partial charge in [-0.2, -0.15) is 0 Å². The zero-order valence-electron chi connectivity index (χ0n) is 19.1. The Morgan fingerprint density at radius 1 is 0.900 bits per heavy atom. The van der Waals surface area contributed by atoms with Gasteiger partial charge in [0.05, 0.1) is 0 Å². The molecular formula is C27H38O2Si. The van der Waals surface area contributed by atoms with E-state index in [0.717, 1.165) is 32.0 Å². The average molecular weight is 423 g/mol. The lowest BCUT2D eigenvalue weighted by molar-refractivity contribution is -0.104. The van der Waals surface area contributed by atoms with Gasteiger partial charge in [0.15, 0.2) is 0 Å². The Kier molecular flexibility index (Phi) is 9.74. The Hall–Kier alpha value is -1.97. The van der Waals surface area contributed by atoms with Crippen molar-refractivity contribution < 1.29 is 9.22 Å². The van der Waals surface area contributed by atoms with Crippen LogP contribution >= 0.6 is 0 Å². The molecule has 2 aromatic carbocycles. The summed E-state index contributed by atoms with van der Waals surface area (Å²) in [6.07, 6.45) is 11.1. The molecule has 0 fully saturated rings. The molecule has 0 N–H and O–H groups in total. The molecule has 0 bridgehead atoms. The van der Waals surface area contributed by atoms with E-state index in [1.165, 1.54) is 23.2 Å². The van der Waals surface area contributed by atoms with E-state index in [4.69, 9.17) is 4.43 Å². The van der Waals surface area contributed by atoms with Gasteiger partial charge >= 0.3 is 0 Å². The molecule has 1 atom stereocenters. The third-order valence-electron chi connectivity index (χ3n) is 5.75. The summed E-state index contributed by atoms with van der Waals surface area (Å²) in [6, 6.07) is 21.8. The van der Waals surface area contributed by atoms with E-state index in [9.17, 15) is 4.79 Å². The van der Waals surface area contributed by atoms with Crippen LogP contribution in [-0.2, 0) is 9.22 Å². The molecule has 2 aromatic rings. The summed E-state index contributed by atoms with van der Waals surface area (Å²) in [5.41, 5.74) is 0. The summed E-state index contributed by atoms with van der Waals surface area (Å²) in [4.78, 5) is 10.5. The van der Waals surface area contributed by atoms with Gasteiger partial charge in [0.25, 0.3) is 8.32 Å². The molecule has 30 heavy (non-hydrogen) atoms. The van der Waals surface area contributed by atoms with Crippen molar-refractivity contribution >= 4 is 25.0 Å². The quantitative estimate of drug-likeness (QED) is 0.180. The minimum Gasteiger partial charge on any atom is -0.404 e. The van der Waals surface area contributed by atoms with Gasteiger partial charge in [0.1, 0.15) is 6.29 Å². The van der Waals surface area contributed by atoms with Crippen LogP contribution in [0.2, 0.25) is 5.04 Å². The van der Waals surface area contributed by atoms with Gasteiger partial charge < -0.3 is 4.43 Å². The highest BCUT2D eigenvalue weighted by atomic mass is 28.4. The second-order valence-electron chi connectivity index (χ2n) is 9.04. The maximum absolute atomic E-state index is 10.5. The molecule has 3 heteroatoms. The SMILES string of the molecule is CCCC[C@@H](CCC/C=C/C=O)O[Si](c1ccccc1)(c1ccccc1)C(C)(C)C. The van der Waals surface area contributed by atoms with Crippen molar-refractivity contribution in [3.8, 4) is 0 Å². The second kappa shape index (κ2) is 12.0. The van der Waals surface area contributed by atoms with Crippen LogP contribution in [0, 0.1) is 0 Å². The summed E-state index contributed by atoms with van der Waals surface area (Å²) >= 11 is 0. The van der Waals surface area contributed by atoms with Crippen LogP contribution in [0.3, 0.4) is 0 Å². The predicted molar refractivity (Wildman–Crippen MR) is 131 cm³/mol. The maximum Gasteiger partial charge on any atom is 0.261 e. The number of rotatable bonds is 12. The maximum atomic E-state index is 10.5. The largest absolute Gasteiger partial charge is 0.404 e. The fourth-order valence-corrected chi connectivity index (χ4v) is 9.00. The van der Waals surface area contributed by atoms with Gasteiger partial charge in [-0.15, -0.1) is 0 Å². The minimum absolute atomic E-state index is 0.00239. The first-order valence-corrected chi connectivity index (χ1v) is 13.3.